The van der Waals surface area contributed by atoms with Gasteiger partial charge in [-0.2, -0.15) is 0 Å². The van der Waals surface area contributed by atoms with Crippen LogP contribution in [0.25, 0.3) is 0 Å². The Balaban J connectivity index is 1.90. The zero-order chi connectivity index (χ0) is 20.5. The Morgan fingerprint density at radius 1 is 1.33 bits per heavy atom. The molecule has 1 unspecified atom stereocenters. The molecule has 0 aromatic heterocycles. The van der Waals surface area contributed by atoms with E-state index in [9.17, 15) is 18.3 Å². The molecule has 1 atom stereocenters. The molecular formula is C17H32N4O5S. The predicted molar refractivity (Wildman–Crippen MR) is 102 cm³/mol. The number of hydroxylamine groups is 1. The van der Waals surface area contributed by atoms with Crippen molar-refractivity contribution in [3.05, 3.63) is 12.0 Å². The second-order valence-electron chi connectivity index (χ2n) is 8.53. The van der Waals surface area contributed by atoms with Crippen LogP contribution in [0, 0.1) is 5.41 Å². The van der Waals surface area contributed by atoms with E-state index in [4.69, 9.17) is 4.84 Å². The van der Waals surface area contributed by atoms with Gasteiger partial charge in [-0.1, -0.05) is 13.8 Å². The van der Waals surface area contributed by atoms with Gasteiger partial charge in [-0.3, -0.25) is 10.1 Å². The van der Waals surface area contributed by atoms with Gasteiger partial charge in [-0.05, 0) is 32.8 Å². The number of aliphatic hydroxyl groups excluding tert-OH is 1. The number of nitrogens with zero attached hydrogens (tertiary/aromatic N) is 1. The number of aliphatic hydroxyl groups is 1. The third-order valence-corrected chi connectivity index (χ3v) is 6.46. The summed E-state index contributed by atoms with van der Waals surface area (Å²) in [6.45, 7) is 8.22. The van der Waals surface area contributed by atoms with E-state index in [2.05, 4.69) is 16.1 Å². The highest BCUT2D eigenvalue weighted by Gasteiger charge is 2.36. The first kappa shape index (κ1) is 22.1. The molecule has 9 nitrogen and oxygen atoms in total. The Bertz CT molecular complexity index is 681. The minimum absolute atomic E-state index is 0.0228. The van der Waals surface area contributed by atoms with Gasteiger partial charge < -0.3 is 15.3 Å². The number of amides is 1. The number of hydrogen-bond acceptors (Lipinski definition) is 7. The summed E-state index contributed by atoms with van der Waals surface area (Å²) in [7, 11) is -3.17. The molecule has 27 heavy (non-hydrogen) atoms. The molecule has 156 valence electrons. The zero-order valence-electron chi connectivity index (χ0n) is 16.7. The number of carbonyl (C=O) groups excluding carboxylic acids is 1. The third-order valence-electron chi connectivity index (χ3n) is 5.16. The van der Waals surface area contributed by atoms with Gasteiger partial charge in [0.05, 0.1) is 24.4 Å². The van der Waals surface area contributed by atoms with Crippen molar-refractivity contribution < 1.29 is 23.2 Å². The van der Waals surface area contributed by atoms with E-state index in [-0.39, 0.29) is 24.6 Å². The van der Waals surface area contributed by atoms with Gasteiger partial charge in [-0.15, -0.1) is 5.48 Å². The van der Waals surface area contributed by atoms with Crippen LogP contribution in [0.4, 0.5) is 0 Å². The lowest BCUT2D eigenvalue weighted by atomic mass is 9.86. The Hall–Kier alpha value is -1.20. The van der Waals surface area contributed by atoms with E-state index < -0.39 is 21.0 Å². The van der Waals surface area contributed by atoms with Gasteiger partial charge in [0, 0.05) is 24.5 Å². The lowest BCUT2D eigenvalue weighted by Gasteiger charge is -2.36. The second kappa shape index (κ2) is 8.04. The number of sulfonamides is 1. The van der Waals surface area contributed by atoms with Crippen LogP contribution in [0.1, 0.15) is 40.5 Å². The van der Waals surface area contributed by atoms with Crippen LogP contribution in [0.3, 0.4) is 0 Å². The van der Waals surface area contributed by atoms with Crippen molar-refractivity contribution >= 4 is 15.9 Å². The predicted octanol–water partition coefficient (Wildman–Crippen LogP) is -0.342. The topological polar surface area (TPSA) is 120 Å². The summed E-state index contributed by atoms with van der Waals surface area (Å²) in [6, 6.07) is -0.157. The van der Waals surface area contributed by atoms with E-state index in [0.717, 1.165) is 0 Å². The van der Waals surface area contributed by atoms with Gasteiger partial charge in [0.25, 0.3) is 0 Å². The highest BCUT2D eigenvalue weighted by molar-refractivity contribution is 7.88. The van der Waals surface area contributed by atoms with Crippen molar-refractivity contribution in [3.8, 4) is 0 Å². The fourth-order valence-electron chi connectivity index (χ4n) is 3.07. The maximum atomic E-state index is 12.7. The molecule has 0 radical (unpaired) electrons. The van der Waals surface area contributed by atoms with E-state index in [0.29, 0.717) is 31.8 Å². The second-order valence-corrected chi connectivity index (χ2v) is 10.5. The Labute approximate surface area is 161 Å². The molecule has 0 aliphatic carbocycles. The van der Waals surface area contributed by atoms with E-state index in [1.54, 1.807) is 19.9 Å². The van der Waals surface area contributed by atoms with Gasteiger partial charge >= 0.3 is 0 Å². The number of nitrogens with one attached hydrogen (secondary N) is 3. The summed E-state index contributed by atoms with van der Waals surface area (Å²) in [5.74, 6) is 0.0665. The minimum Gasteiger partial charge on any atom is -0.396 e. The molecule has 4 N–H and O–H groups in total. The van der Waals surface area contributed by atoms with Crippen molar-refractivity contribution in [1.82, 2.24) is 20.4 Å². The summed E-state index contributed by atoms with van der Waals surface area (Å²) in [4.78, 5) is 18.0. The lowest BCUT2D eigenvalue weighted by Crippen LogP contribution is -2.58. The van der Waals surface area contributed by atoms with Crippen molar-refractivity contribution in [2.24, 2.45) is 5.41 Å². The lowest BCUT2D eigenvalue weighted by molar-refractivity contribution is -0.127. The standard InChI is InChI=1S/C17H32N4O5S/c1-16(2,11-22)13-10-14(26-20-13)18-15(23)17(3,4)19-12-6-8-21(9-7-12)27(5,24)25/h10,12-13,19-20,22H,6-9,11H2,1-5H3,(H,18,23). The average Bonchev–Trinajstić information content (AvgIpc) is 3.03. The number of rotatable bonds is 7. The molecule has 2 rings (SSSR count). The van der Waals surface area contributed by atoms with E-state index >= 15 is 0 Å². The summed E-state index contributed by atoms with van der Waals surface area (Å²) < 4.78 is 24.7. The summed E-state index contributed by atoms with van der Waals surface area (Å²) in [5, 5.41) is 15.5. The minimum atomic E-state index is -3.17. The molecule has 1 fully saturated rings. The molecule has 10 heteroatoms. The molecule has 0 saturated carbocycles. The number of piperidine rings is 1. The monoisotopic (exact) mass is 404 g/mol. The quantitative estimate of drug-likeness (QED) is 0.458. The number of hydrogen-bond donors (Lipinski definition) is 4. The van der Waals surface area contributed by atoms with Gasteiger partial charge in [0.2, 0.25) is 21.8 Å². The van der Waals surface area contributed by atoms with Gasteiger partial charge in [0.15, 0.2) is 0 Å². The molecule has 1 amide bonds. The molecule has 2 aliphatic rings. The summed E-state index contributed by atoms with van der Waals surface area (Å²) in [6.07, 6.45) is 4.26. The van der Waals surface area contributed by atoms with Crippen molar-refractivity contribution in [2.75, 3.05) is 26.0 Å². The van der Waals surface area contributed by atoms with Crippen molar-refractivity contribution in [3.63, 3.8) is 0 Å². The summed E-state index contributed by atoms with van der Waals surface area (Å²) >= 11 is 0. The highest BCUT2D eigenvalue weighted by Crippen LogP contribution is 2.25. The van der Waals surface area contributed by atoms with Crippen LogP contribution in [-0.4, -0.2) is 67.3 Å². The smallest absolute Gasteiger partial charge is 0.246 e. The number of carbonyl (C=O) groups is 1. The molecule has 0 aromatic carbocycles. The molecule has 0 spiro atoms. The first-order valence-corrected chi connectivity index (χ1v) is 11.0. The Morgan fingerprint density at radius 3 is 2.44 bits per heavy atom. The van der Waals surface area contributed by atoms with E-state index in [1.165, 1.54) is 10.6 Å². The zero-order valence-corrected chi connectivity index (χ0v) is 17.5. The average molecular weight is 405 g/mol. The van der Waals surface area contributed by atoms with Gasteiger partial charge in [-0.25, -0.2) is 12.7 Å². The van der Waals surface area contributed by atoms with Crippen LogP contribution in [0.15, 0.2) is 12.0 Å². The van der Waals surface area contributed by atoms with Crippen LogP contribution in [0.2, 0.25) is 0 Å². The molecule has 2 heterocycles. The van der Waals surface area contributed by atoms with Crippen molar-refractivity contribution in [1.29, 1.82) is 0 Å². The maximum absolute atomic E-state index is 12.7. The van der Waals surface area contributed by atoms with E-state index in [1.807, 2.05) is 13.8 Å². The first-order valence-electron chi connectivity index (χ1n) is 9.14. The Kier molecular flexibility index (Phi) is 6.58. The fraction of sp³-hybridized carbons (Fsp3) is 0.824. The Morgan fingerprint density at radius 2 is 1.93 bits per heavy atom. The van der Waals surface area contributed by atoms with Gasteiger partial charge in [0.1, 0.15) is 0 Å². The maximum Gasteiger partial charge on any atom is 0.246 e. The highest BCUT2D eigenvalue weighted by atomic mass is 32.2. The molecule has 1 saturated heterocycles. The third kappa shape index (κ3) is 5.64. The van der Waals surface area contributed by atoms with Crippen LogP contribution in [0.5, 0.6) is 0 Å². The molecule has 0 aromatic rings. The largest absolute Gasteiger partial charge is 0.396 e. The van der Waals surface area contributed by atoms with Crippen LogP contribution in [-0.2, 0) is 19.7 Å². The molecule has 0 bridgehead atoms. The fourth-order valence-corrected chi connectivity index (χ4v) is 3.95. The normalized spacial score (nSPS) is 23.0. The van der Waals surface area contributed by atoms with Crippen molar-refractivity contribution in [2.45, 2.75) is 58.2 Å². The molecular weight excluding hydrogens is 372 g/mol. The first-order chi connectivity index (χ1) is 12.3. The SMILES string of the molecule is CC(C)(NC1CCN(S(C)(=O)=O)CC1)C(=O)NC1=CC(C(C)(C)CO)NO1. The molecule has 2 aliphatic heterocycles. The summed E-state index contributed by atoms with van der Waals surface area (Å²) in [5.41, 5.74) is 1.53. The van der Waals surface area contributed by atoms with Crippen LogP contribution < -0.4 is 16.1 Å². The van der Waals surface area contributed by atoms with Crippen LogP contribution >= 0.6 is 0 Å².